The number of anilines is 2. The van der Waals surface area contributed by atoms with Crippen LogP contribution in [0.5, 0.6) is 0 Å². The van der Waals surface area contributed by atoms with Crippen molar-refractivity contribution >= 4 is 17.3 Å². The van der Waals surface area contributed by atoms with Crippen LogP contribution in [0.2, 0.25) is 0 Å². The first-order valence-corrected chi connectivity index (χ1v) is 9.72. The van der Waals surface area contributed by atoms with Gasteiger partial charge in [-0.2, -0.15) is 5.26 Å². The molecule has 0 bridgehead atoms. The second-order valence-corrected chi connectivity index (χ2v) is 7.37. The highest BCUT2D eigenvalue weighted by atomic mass is 16.2. The largest absolute Gasteiger partial charge is 0.382 e. The molecule has 6 heteroatoms. The van der Waals surface area contributed by atoms with Gasteiger partial charge in [0, 0.05) is 45.3 Å². The molecule has 1 aromatic heterocycles. The Hall–Kier alpha value is -3.07. The summed E-state index contributed by atoms with van der Waals surface area (Å²) in [5, 5.41) is 12.2. The van der Waals surface area contributed by atoms with Gasteiger partial charge in [-0.25, -0.2) is 4.98 Å². The summed E-state index contributed by atoms with van der Waals surface area (Å²) < 4.78 is 0. The van der Waals surface area contributed by atoms with E-state index in [0.29, 0.717) is 18.7 Å². The maximum Gasteiger partial charge on any atom is 0.223 e. The minimum absolute atomic E-state index is 0.205. The standard InChI is InChI=1S/C22H27N5O/c1-26(2)20-6-3-5-17(13-20)8-11-22(28)27-12-4-7-21(27)16-25-19-10-9-18(14-23)24-15-19/h3,5-6,9-10,13,15,21,25H,4,7-8,11-12,16H2,1-2H3. The lowest BCUT2D eigenvalue weighted by molar-refractivity contribution is -0.131. The third-order valence-corrected chi connectivity index (χ3v) is 5.17. The molecule has 1 aliphatic rings. The Kier molecular flexibility index (Phi) is 6.49. The predicted molar refractivity (Wildman–Crippen MR) is 111 cm³/mol. The van der Waals surface area contributed by atoms with Gasteiger partial charge in [-0.1, -0.05) is 12.1 Å². The van der Waals surface area contributed by atoms with Crippen molar-refractivity contribution in [2.24, 2.45) is 0 Å². The molecule has 6 nitrogen and oxygen atoms in total. The monoisotopic (exact) mass is 377 g/mol. The van der Waals surface area contributed by atoms with E-state index >= 15 is 0 Å². The molecular formula is C22H27N5O. The summed E-state index contributed by atoms with van der Waals surface area (Å²) in [5.41, 5.74) is 3.63. The SMILES string of the molecule is CN(C)c1cccc(CCC(=O)N2CCCC2CNc2ccc(C#N)nc2)c1. The van der Waals surface area contributed by atoms with Crippen molar-refractivity contribution in [3.05, 3.63) is 53.9 Å². The van der Waals surface area contributed by atoms with E-state index in [0.717, 1.165) is 37.2 Å². The Morgan fingerprint density at radius 2 is 2.21 bits per heavy atom. The first-order chi connectivity index (χ1) is 13.6. The predicted octanol–water partition coefficient (Wildman–Crippen LogP) is 3.05. The zero-order chi connectivity index (χ0) is 19.9. The number of benzene rings is 1. The molecule has 2 heterocycles. The Morgan fingerprint density at radius 1 is 1.36 bits per heavy atom. The lowest BCUT2D eigenvalue weighted by atomic mass is 10.1. The summed E-state index contributed by atoms with van der Waals surface area (Å²) in [5.74, 6) is 0.220. The second-order valence-electron chi connectivity index (χ2n) is 7.37. The Balaban J connectivity index is 1.52. The molecule has 2 aromatic rings. The van der Waals surface area contributed by atoms with E-state index in [1.54, 1.807) is 12.3 Å². The van der Waals surface area contributed by atoms with Crippen molar-refractivity contribution in [2.75, 3.05) is 37.4 Å². The summed E-state index contributed by atoms with van der Waals surface area (Å²) in [6, 6.07) is 14.1. The number of hydrogen-bond donors (Lipinski definition) is 1. The molecule has 0 aliphatic carbocycles. The van der Waals surface area contributed by atoms with Gasteiger partial charge in [-0.3, -0.25) is 4.79 Å². The average molecular weight is 377 g/mol. The molecule has 1 aliphatic heterocycles. The van der Waals surface area contributed by atoms with Crippen LogP contribution in [-0.2, 0) is 11.2 Å². The number of nitrogens with one attached hydrogen (secondary N) is 1. The number of carbonyl (C=O) groups is 1. The van der Waals surface area contributed by atoms with E-state index in [9.17, 15) is 4.79 Å². The molecule has 1 saturated heterocycles. The molecule has 1 atom stereocenters. The zero-order valence-electron chi connectivity index (χ0n) is 16.6. The van der Waals surface area contributed by atoms with Crippen molar-refractivity contribution in [1.82, 2.24) is 9.88 Å². The number of amides is 1. The van der Waals surface area contributed by atoms with Gasteiger partial charge in [-0.05, 0) is 49.1 Å². The fourth-order valence-electron chi connectivity index (χ4n) is 3.56. The fraction of sp³-hybridized carbons (Fsp3) is 0.409. The van der Waals surface area contributed by atoms with E-state index in [1.165, 1.54) is 5.56 Å². The molecule has 0 saturated carbocycles. The summed E-state index contributed by atoms with van der Waals surface area (Å²) in [6.45, 7) is 1.53. The van der Waals surface area contributed by atoms with Crippen LogP contribution < -0.4 is 10.2 Å². The normalized spacial score (nSPS) is 15.9. The number of carbonyl (C=O) groups excluding carboxylic acids is 1. The fourth-order valence-corrected chi connectivity index (χ4v) is 3.56. The second kappa shape index (κ2) is 9.23. The van der Waals surface area contributed by atoms with Gasteiger partial charge >= 0.3 is 0 Å². The molecule has 0 spiro atoms. The number of nitriles is 1. The lowest BCUT2D eigenvalue weighted by Gasteiger charge is -2.25. The molecular weight excluding hydrogens is 350 g/mol. The number of aromatic nitrogens is 1. The van der Waals surface area contributed by atoms with Crippen LogP contribution in [0.1, 0.15) is 30.5 Å². The van der Waals surface area contributed by atoms with Gasteiger partial charge < -0.3 is 15.1 Å². The van der Waals surface area contributed by atoms with Crippen molar-refractivity contribution < 1.29 is 4.79 Å². The first-order valence-electron chi connectivity index (χ1n) is 9.72. The van der Waals surface area contributed by atoms with E-state index in [1.807, 2.05) is 37.2 Å². The molecule has 1 aromatic carbocycles. The van der Waals surface area contributed by atoms with Crippen molar-refractivity contribution in [3.63, 3.8) is 0 Å². The minimum atomic E-state index is 0.205. The highest BCUT2D eigenvalue weighted by Crippen LogP contribution is 2.21. The highest BCUT2D eigenvalue weighted by Gasteiger charge is 2.28. The molecule has 3 rings (SSSR count). The van der Waals surface area contributed by atoms with Crippen LogP contribution in [0.15, 0.2) is 42.6 Å². The number of pyridine rings is 1. The molecule has 0 radical (unpaired) electrons. The van der Waals surface area contributed by atoms with Crippen LogP contribution in [0, 0.1) is 11.3 Å². The number of likely N-dealkylation sites (tertiary alicyclic amines) is 1. The molecule has 1 amide bonds. The van der Waals surface area contributed by atoms with Crippen molar-refractivity contribution in [3.8, 4) is 6.07 Å². The van der Waals surface area contributed by atoms with E-state index in [-0.39, 0.29) is 11.9 Å². The van der Waals surface area contributed by atoms with Crippen LogP contribution >= 0.6 is 0 Å². The Morgan fingerprint density at radius 3 is 2.93 bits per heavy atom. The number of rotatable bonds is 7. The third-order valence-electron chi connectivity index (χ3n) is 5.17. The average Bonchev–Trinajstić information content (AvgIpc) is 3.20. The summed E-state index contributed by atoms with van der Waals surface area (Å²) >= 11 is 0. The molecule has 28 heavy (non-hydrogen) atoms. The maximum absolute atomic E-state index is 12.8. The van der Waals surface area contributed by atoms with Crippen LogP contribution in [-0.4, -0.2) is 49.0 Å². The minimum Gasteiger partial charge on any atom is -0.382 e. The Labute approximate surface area is 166 Å². The van der Waals surface area contributed by atoms with E-state index < -0.39 is 0 Å². The summed E-state index contributed by atoms with van der Waals surface area (Å²) in [4.78, 5) is 20.9. The highest BCUT2D eigenvalue weighted by molar-refractivity contribution is 5.77. The summed E-state index contributed by atoms with van der Waals surface area (Å²) in [6.07, 6.45) is 5.01. The topological polar surface area (TPSA) is 72.3 Å². The lowest BCUT2D eigenvalue weighted by Crippen LogP contribution is -2.39. The van der Waals surface area contributed by atoms with Crippen LogP contribution in [0.4, 0.5) is 11.4 Å². The van der Waals surface area contributed by atoms with Crippen LogP contribution in [0.25, 0.3) is 0 Å². The van der Waals surface area contributed by atoms with E-state index in [2.05, 4.69) is 33.4 Å². The number of aryl methyl sites for hydroxylation is 1. The van der Waals surface area contributed by atoms with Crippen molar-refractivity contribution in [1.29, 1.82) is 5.26 Å². The molecule has 146 valence electrons. The first kappa shape index (κ1) is 19.7. The quantitative estimate of drug-likeness (QED) is 0.803. The zero-order valence-corrected chi connectivity index (χ0v) is 16.6. The molecule has 1 N–H and O–H groups in total. The smallest absolute Gasteiger partial charge is 0.223 e. The van der Waals surface area contributed by atoms with Gasteiger partial charge in [0.1, 0.15) is 11.8 Å². The van der Waals surface area contributed by atoms with Crippen LogP contribution in [0.3, 0.4) is 0 Å². The van der Waals surface area contributed by atoms with Gasteiger partial charge in [0.2, 0.25) is 5.91 Å². The number of nitrogens with zero attached hydrogens (tertiary/aromatic N) is 4. The van der Waals surface area contributed by atoms with Gasteiger partial charge in [0.25, 0.3) is 0 Å². The maximum atomic E-state index is 12.8. The van der Waals surface area contributed by atoms with Gasteiger partial charge in [0.15, 0.2) is 0 Å². The molecule has 1 unspecified atom stereocenters. The van der Waals surface area contributed by atoms with Gasteiger partial charge in [0.05, 0.1) is 11.9 Å². The summed E-state index contributed by atoms with van der Waals surface area (Å²) in [7, 11) is 4.05. The third kappa shape index (κ3) is 5.01. The Bertz CT molecular complexity index is 841. The number of hydrogen-bond acceptors (Lipinski definition) is 5. The van der Waals surface area contributed by atoms with Crippen molar-refractivity contribution in [2.45, 2.75) is 31.7 Å². The van der Waals surface area contributed by atoms with Gasteiger partial charge in [-0.15, -0.1) is 0 Å². The molecule has 1 fully saturated rings. The van der Waals surface area contributed by atoms with E-state index in [4.69, 9.17) is 5.26 Å².